The number of quaternary nitrogens is 1. The number of benzene rings is 1. The van der Waals surface area contributed by atoms with Crippen molar-refractivity contribution in [2.75, 3.05) is 25.0 Å². The van der Waals surface area contributed by atoms with Crippen molar-refractivity contribution in [3.8, 4) is 11.3 Å². The Labute approximate surface area is 157 Å². The number of primary amides is 1. The minimum absolute atomic E-state index is 0.101. The molecule has 3 rings (SSSR count). The third-order valence-electron chi connectivity index (χ3n) is 4.72. The lowest BCUT2D eigenvalue weighted by atomic mass is 9.97. The van der Waals surface area contributed by atoms with Gasteiger partial charge in [-0.2, -0.15) is 5.10 Å². The molecule has 0 bridgehead atoms. The predicted octanol–water partition coefficient (Wildman–Crippen LogP) is 0.459. The molecule has 1 aromatic heterocycles. The number of nitrogens with one attached hydrogen (secondary N) is 2. The Morgan fingerprint density at radius 2 is 2.12 bits per heavy atom. The molecule has 1 aliphatic heterocycles. The average Bonchev–Trinajstić information content (AvgIpc) is 2.96. The molecule has 1 aromatic carbocycles. The van der Waals surface area contributed by atoms with Gasteiger partial charge in [0.2, 0.25) is 5.91 Å². The lowest BCUT2D eigenvalue weighted by Gasteiger charge is -2.27. The molecular weight excluding hydrogens is 354 g/mol. The number of piperidine rings is 1. The molecule has 0 saturated carbocycles. The number of carbonyl (C=O) groups excluding carboxylic acids is 2. The standard InChI is InChI=1S/C18H22ClN5O2/c1-23-16(9-15(22-23)12-4-6-14(19)7-5-12)21-17(25)11-24-8-2-3-13(10-24)18(20)26/h4-7,9,13H,2-3,8,10-11H2,1H3,(H2,20,26)(H,21,25)/p+1/t13-/m0/s1. The van der Waals surface area contributed by atoms with Crippen molar-refractivity contribution in [3.63, 3.8) is 0 Å². The number of nitrogens with two attached hydrogens (primary N) is 1. The van der Waals surface area contributed by atoms with E-state index in [1.54, 1.807) is 23.9 Å². The molecule has 7 nitrogen and oxygen atoms in total. The molecule has 0 spiro atoms. The fraction of sp³-hybridized carbons (Fsp3) is 0.389. The monoisotopic (exact) mass is 376 g/mol. The lowest BCUT2D eigenvalue weighted by molar-refractivity contribution is -0.899. The number of halogens is 1. The second-order valence-corrected chi connectivity index (χ2v) is 7.15. The summed E-state index contributed by atoms with van der Waals surface area (Å²) < 4.78 is 1.64. The third-order valence-corrected chi connectivity index (χ3v) is 4.97. The van der Waals surface area contributed by atoms with E-state index >= 15 is 0 Å². The van der Waals surface area contributed by atoms with Crippen molar-refractivity contribution in [1.29, 1.82) is 0 Å². The van der Waals surface area contributed by atoms with Crippen LogP contribution in [-0.2, 0) is 16.6 Å². The summed E-state index contributed by atoms with van der Waals surface area (Å²) in [5, 5.41) is 8.00. The van der Waals surface area contributed by atoms with Gasteiger partial charge in [0.25, 0.3) is 5.91 Å². The number of likely N-dealkylation sites (tertiary alicyclic amines) is 1. The van der Waals surface area contributed by atoms with E-state index in [0.29, 0.717) is 23.9 Å². The van der Waals surface area contributed by atoms with Crippen LogP contribution in [0.2, 0.25) is 5.02 Å². The molecule has 1 fully saturated rings. The third kappa shape index (κ3) is 4.42. The smallest absolute Gasteiger partial charge is 0.280 e. The molecule has 0 aliphatic carbocycles. The Kier molecular flexibility index (Phi) is 5.58. The van der Waals surface area contributed by atoms with Crippen LogP contribution in [0.5, 0.6) is 0 Å². The van der Waals surface area contributed by atoms with Gasteiger partial charge < -0.3 is 16.0 Å². The van der Waals surface area contributed by atoms with Gasteiger partial charge in [0.15, 0.2) is 6.54 Å². The highest BCUT2D eigenvalue weighted by Gasteiger charge is 2.28. The minimum atomic E-state index is -0.276. The first-order valence-corrected chi connectivity index (χ1v) is 9.03. The maximum absolute atomic E-state index is 12.4. The summed E-state index contributed by atoms with van der Waals surface area (Å²) in [5.41, 5.74) is 7.09. The van der Waals surface area contributed by atoms with Gasteiger partial charge in [0.1, 0.15) is 5.82 Å². The van der Waals surface area contributed by atoms with E-state index < -0.39 is 0 Å². The molecule has 2 aromatic rings. The molecule has 1 aliphatic rings. The number of carbonyl (C=O) groups is 2. The molecule has 2 amide bonds. The highest BCUT2D eigenvalue weighted by molar-refractivity contribution is 6.30. The largest absolute Gasteiger partial charge is 0.369 e. The average molecular weight is 377 g/mol. The number of aryl methyl sites for hydroxylation is 1. The van der Waals surface area contributed by atoms with Gasteiger partial charge in [-0.1, -0.05) is 23.7 Å². The SMILES string of the molecule is Cn1nc(-c2ccc(Cl)cc2)cc1NC(=O)C[NH+]1CCC[C@H](C(N)=O)C1. The van der Waals surface area contributed by atoms with Crippen molar-refractivity contribution in [2.24, 2.45) is 18.7 Å². The van der Waals surface area contributed by atoms with Crippen LogP contribution in [0.3, 0.4) is 0 Å². The highest BCUT2D eigenvalue weighted by Crippen LogP contribution is 2.22. The Bertz CT molecular complexity index is 802. The molecule has 2 atom stereocenters. The van der Waals surface area contributed by atoms with Crippen LogP contribution in [0.25, 0.3) is 11.3 Å². The molecule has 2 heterocycles. The molecule has 26 heavy (non-hydrogen) atoms. The number of rotatable bonds is 5. The Balaban J connectivity index is 1.62. The van der Waals surface area contributed by atoms with E-state index in [1.165, 1.54) is 0 Å². The van der Waals surface area contributed by atoms with Crippen molar-refractivity contribution in [2.45, 2.75) is 12.8 Å². The zero-order chi connectivity index (χ0) is 18.7. The number of hydrogen-bond donors (Lipinski definition) is 3. The van der Waals surface area contributed by atoms with E-state index in [0.717, 1.165) is 35.5 Å². The van der Waals surface area contributed by atoms with Crippen molar-refractivity contribution in [3.05, 3.63) is 35.4 Å². The molecule has 1 unspecified atom stereocenters. The number of aromatic nitrogens is 2. The van der Waals surface area contributed by atoms with E-state index in [9.17, 15) is 9.59 Å². The topological polar surface area (TPSA) is 94.4 Å². The van der Waals surface area contributed by atoms with Gasteiger partial charge in [-0.3, -0.25) is 14.3 Å². The quantitative estimate of drug-likeness (QED) is 0.707. The second-order valence-electron chi connectivity index (χ2n) is 6.72. The fourth-order valence-corrected chi connectivity index (χ4v) is 3.44. The second kappa shape index (κ2) is 7.88. The summed E-state index contributed by atoms with van der Waals surface area (Å²) >= 11 is 5.91. The summed E-state index contributed by atoms with van der Waals surface area (Å²) in [6.45, 7) is 1.80. The molecule has 4 N–H and O–H groups in total. The van der Waals surface area contributed by atoms with Crippen molar-refractivity contribution in [1.82, 2.24) is 9.78 Å². The summed E-state index contributed by atoms with van der Waals surface area (Å²) in [6, 6.07) is 9.21. The number of nitrogens with zero attached hydrogens (tertiary/aromatic N) is 2. The summed E-state index contributed by atoms with van der Waals surface area (Å²) in [7, 11) is 1.78. The first-order valence-electron chi connectivity index (χ1n) is 8.65. The molecule has 1 saturated heterocycles. The predicted molar refractivity (Wildman–Crippen MR) is 99.8 cm³/mol. The molecular formula is C18H23ClN5O2+. The number of anilines is 1. The molecule has 138 valence electrons. The van der Waals surface area contributed by atoms with Gasteiger partial charge in [0, 0.05) is 23.7 Å². The van der Waals surface area contributed by atoms with Gasteiger partial charge in [0.05, 0.1) is 24.7 Å². The van der Waals surface area contributed by atoms with E-state index in [2.05, 4.69) is 10.4 Å². The van der Waals surface area contributed by atoms with Gasteiger partial charge >= 0.3 is 0 Å². The van der Waals surface area contributed by atoms with Gasteiger partial charge in [-0.05, 0) is 25.0 Å². The van der Waals surface area contributed by atoms with Crippen LogP contribution in [0.15, 0.2) is 30.3 Å². The first-order chi connectivity index (χ1) is 12.4. The zero-order valence-electron chi connectivity index (χ0n) is 14.7. The zero-order valence-corrected chi connectivity index (χ0v) is 15.4. The summed E-state index contributed by atoms with van der Waals surface area (Å²) in [6.07, 6.45) is 1.72. The summed E-state index contributed by atoms with van der Waals surface area (Å²) in [4.78, 5) is 24.8. The maximum atomic E-state index is 12.4. The summed E-state index contributed by atoms with van der Waals surface area (Å²) in [5.74, 6) is 0.111. The Morgan fingerprint density at radius 1 is 1.38 bits per heavy atom. The van der Waals surface area contributed by atoms with Crippen LogP contribution in [0.1, 0.15) is 12.8 Å². The molecule has 0 radical (unpaired) electrons. The van der Waals surface area contributed by atoms with E-state index in [1.807, 2.05) is 18.2 Å². The van der Waals surface area contributed by atoms with E-state index in [-0.39, 0.29) is 17.7 Å². The van der Waals surface area contributed by atoms with Crippen molar-refractivity contribution >= 4 is 29.2 Å². The van der Waals surface area contributed by atoms with Crippen LogP contribution < -0.4 is 16.0 Å². The van der Waals surface area contributed by atoms with Gasteiger partial charge in [-0.15, -0.1) is 0 Å². The van der Waals surface area contributed by atoms with Crippen LogP contribution in [-0.4, -0.2) is 41.2 Å². The van der Waals surface area contributed by atoms with Crippen LogP contribution >= 0.6 is 11.6 Å². The minimum Gasteiger partial charge on any atom is -0.369 e. The fourth-order valence-electron chi connectivity index (χ4n) is 3.31. The molecule has 8 heteroatoms. The number of amides is 2. The first kappa shape index (κ1) is 18.4. The Hall–Kier alpha value is -2.38. The number of hydrogen-bond acceptors (Lipinski definition) is 3. The Morgan fingerprint density at radius 3 is 2.81 bits per heavy atom. The van der Waals surface area contributed by atoms with Gasteiger partial charge in [-0.25, -0.2) is 0 Å². The van der Waals surface area contributed by atoms with Crippen LogP contribution in [0.4, 0.5) is 5.82 Å². The normalized spacial score (nSPS) is 19.9. The highest BCUT2D eigenvalue weighted by atomic mass is 35.5. The van der Waals surface area contributed by atoms with E-state index in [4.69, 9.17) is 17.3 Å². The lowest BCUT2D eigenvalue weighted by Crippen LogP contribution is -3.14. The van der Waals surface area contributed by atoms with Crippen molar-refractivity contribution < 1.29 is 14.5 Å². The van der Waals surface area contributed by atoms with Crippen LogP contribution in [0, 0.1) is 5.92 Å². The maximum Gasteiger partial charge on any atom is 0.280 e.